The zero-order valence-electron chi connectivity index (χ0n) is 9.66. The van der Waals surface area contributed by atoms with Crippen LogP contribution in [0.4, 0.5) is 0 Å². The van der Waals surface area contributed by atoms with Gasteiger partial charge in [-0.2, -0.15) is 0 Å². The molecular formula is C11H22N4. The van der Waals surface area contributed by atoms with Gasteiger partial charge >= 0.3 is 0 Å². The van der Waals surface area contributed by atoms with Crippen molar-refractivity contribution in [1.29, 1.82) is 0 Å². The molecule has 2 saturated carbocycles. The summed E-state index contributed by atoms with van der Waals surface area (Å²) in [6, 6.07) is 0.890. The minimum absolute atomic E-state index is 0.374. The van der Waals surface area contributed by atoms with Gasteiger partial charge < -0.3 is 5.32 Å². The summed E-state index contributed by atoms with van der Waals surface area (Å²) in [5.74, 6) is 7.88. The molecule has 0 radical (unpaired) electrons. The third kappa shape index (κ3) is 3.09. The molecule has 0 spiro atoms. The summed E-state index contributed by atoms with van der Waals surface area (Å²) in [5.41, 5.74) is 2.67. The van der Waals surface area contributed by atoms with Crippen molar-refractivity contribution < 1.29 is 0 Å². The van der Waals surface area contributed by atoms with Crippen LogP contribution in [0.15, 0.2) is 4.99 Å². The van der Waals surface area contributed by atoms with E-state index in [2.05, 4.69) is 24.6 Å². The monoisotopic (exact) mass is 210 g/mol. The Morgan fingerprint density at radius 2 is 1.73 bits per heavy atom. The number of hydrogen-bond donors (Lipinski definition) is 3. The van der Waals surface area contributed by atoms with E-state index in [9.17, 15) is 0 Å². The second-order valence-corrected chi connectivity index (χ2v) is 5.09. The maximum atomic E-state index is 5.47. The highest BCUT2D eigenvalue weighted by atomic mass is 15.3. The standard InChI is InChI=1S/C11H22N4/c1-7(2)13-11(15-12)14-10(8-3-4-8)9-5-6-9/h7-10H,3-6,12H2,1-2H3,(H2,13,14,15). The Morgan fingerprint density at radius 1 is 1.20 bits per heavy atom. The van der Waals surface area contributed by atoms with Crippen LogP contribution in [-0.4, -0.2) is 18.0 Å². The molecule has 0 aromatic rings. The highest BCUT2D eigenvalue weighted by molar-refractivity contribution is 5.79. The van der Waals surface area contributed by atoms with E-state index in [4.69, 9.17) is 10.8 Å². The molecule has 0 aliphatic heterocycles. The van der Waals surface area contributed by atoms with Gasteiger partial charge in [-0.05, 0) is 51.4 Å². The zero-order chi connectivity index (χ0) is 10.8. The van der Waals surface area contributed by atoms with E-state index in [0.717, 1.165) is 17.8 Å². The number of aliphatic imine (C=N–C) groups is 1. The minimum atomic E-state index is 0.374. The number of nitrogens with zero attached hydrogens (tertiary/aromatic N) is 1. The largest absolute Gasteiger partial charge is 0.353 e. The summed E-state index contributed by atoms with van der Waals surface area (Å²) < 4.78 is 0. The molecule has 0 heterocycles. The van der Waals surface area contributed by atoms with Gasteiger partial charge in [0.25, 0.3) is 0 Å². The van der Waals surface area contributed by atoms with Crippen LogP contribution < -0.4 is 16.6 Å². The van der Waals surface area contributed by atoms with Gasteiger partial charge in [0.05, 0.1) is 6.04 Å². The molecule has 0 atom stereocenters. The average molecular weight is 210 g/mol. The molecule has 0 saturated heterocycles. The zero-order valence-corrected chi connectivity index (χ0v) is 9.66. The van der Waals surface area contributed by atoms with Gasteiger partial charge in [-0.3, -0.25) is 5.43 Å². The Hall–Kier alpha value is -0.770. The molecule has 4 nitrogen and oxygen atoms in total. The second-order valence-electron chi connectivity index (χ2n) is 5.09. The lowest BCUT2D eigenvalue weighted by Gasteiger charge is -2.16. The van der Waals surface area contributed by atoms with E-state index < -0.39 is 0 Å². The van der Waals surface area contributed by atoms with Crippen molar-refractivity contribution in [2.75, 3.05) is 0 Å². The van der Waals surface area contributed by atoms with Crippen LogP contribution in [0.5, 0.6) is 0 Å². The topological polar surface area (TPSA) is 62.4 Å². The van der Waals surface area contributed by atoms with Crippen LogP contribution in [0.3, 0.4) is 0 Å². The summed E-state index contributed by atoms with van der Waals surface area (Å²) in [7, 11) is 0. The van der Waals surface area contributed by atoms with Crippen molar-refractivity contribution in [1.82, 2.24) is 10.7 Å². The first-order valence-corrected chi connectivity index (χ1v) is 6.01. The number of hydrogen-bond acceptors (Lipinski definition) is 2. The minimum Gasteiger partial charge on any atom is -0.353 e. The van der Waals surface area contributed by atoms with Crippen molar-refractivity contribution >= 4 is 5.96 Å². The molecule has 2 aliphatic rings. The number of nitrogens with one attached hydrogen (secondary N) is 2. The maximum absolute atomic E-state index is 5.47. The molecular weight excluding hydrogens is 188 g/mol. The van der Waals surface area contributed by atoms with E-state index in [1.807, 2.05) is 0 Å². The molecule has 2 fully saturated rings. The SMILES string of the molecule is CC(C)NC(=NC(C1CC1)C1CC1)NN. The molecule has 4 heteroatoms. The van der Waals surface area contributed by atoms with Gasteiger partial charge in [-0.1, -0.05) is 0 Å². The number of rotatable bonds is 4. The van der Waals surface area contributed by atoms with Crippen LogP contribution in [0.1, 0.15) is 39.5 Å². The van der Waals surface area contributed by atoms with E-state index in [1.165, 1.54) is 25.7 Å². The lowest BCUT2D eigenvalue weighted by atomic mass is 10.1. The van der Waals surface area contributed by atoms with Gasteiger partial charge in [-0.15, -0.1) is 0 Å². The van der Waals surface area contributed by atoms with E-state index in [0.29, 0.717) is 12.1 Å². The highest BCUT2D eigenvalue weighted by Crippen LogP contribution is 2.46. The summed E-state index contributed by atoms with van der Waals surface area (Å²) in [6.45, 7) is 4.19. The number of hydrazine groups is 1. The normalized spacial score (nSPS) is 22.3. The van der Waals surface area contributed by atoms with Crippen molar-refractivity contribution in [3.8, 4) is 0 Å². The lowest BCUT2D eigenvalue weighted by molar-refractivity contribution is 0.525. The van der Waals surface area contributed by atoms with Crippen molar-refractivity contribution in [3.05, 3.63) is 0 Å². The Morgan fingerprint density at radius 3 is 2.07 bits per heavy atom. The third-order valence-corrected chi connectivity index (χ3v) is 3.05. The highest BCUT2D eigenvalue weighted by Gasteiger charge is 2.41. The van der Waals surface area contributed by atoms with Crippen LogP contribution in [0.2, 0.25) is 0 Å². The quantitative estimate of drug-likeness (QED) is 0.281. The van der Waals surface area contributed by atoms with Gasteiger partial charge in [0, 0.05) is 6.04 Å². The summed E-state index contributed by atoms with van der Waals surface area (Å²) in [6.07, 6.45) is 5.41. The molecule has 2 rings (SSSR count). The fraction of sp³-hybridized carbons (Fsp3) is 0.909. The van der Waals surface area contributed by atoms with Crippen LogP contribution in [0.25, 0.3) is 0 Å². The summed E-state index contributed by atoms with van der Waals surface area (Å²) in [5, 5.41) is 3.24. The van der Waals surface area contributed by atoms with Crippen LogP contribution in [0, 0.1) is 11.8 Å². The first-order valence-electron chi connectivity index (χ1n) is 6.01. The molecule has 2 aliphatic carbocycles. The molecule has 0 unspecified atom stereocenters. The molecule has 4 N–H and O–H groups in total. The molecule has 0 aromatic carbocycles. The first-order chi connectivity index (χ1) is 7.20. The lowest BCUT2D eigenvalue weighted by Crippen LogP contribution is -2.45. The smallest absolute Gasteiger partial charge is 0.206 e. The summed E-state index contributed by atoms with van der Waals surface area (Å²) >= 11 is 0. The predicted octanol–water partition coefficient (Wildman–Crippen LogP) is 0.992. The first kappa shape index (κ1) is 10.7. The average Bonchev–Trinajstić information content (AvgIpc) is 3.02. The van der Waals surface area contributed by atoms with Gasteiger partial charge in [-0.25, -0.2) is 10.8 Å². The van der Waals surface area contributed by atoms with Crippen molar-refractivity contribution in [3.63, 3.8) is 0 Å². The van der Waals surface area contributed by atoms with E-state index in [-0.39, 0.29) is 0 Å². The van der Waals surface area contributed by atoms with Crippen LogP contribution in [-0.2, 0) is 0 Å². The van der Waals surface area contributed by atoms with Gasteiger partial charge in [0.1, 0.15) is 0 Å². The second kappa shape index (κ2) is 4.39. The Balaban J connectivity index is 1.95. The summed E-state index contributed by atoms with van der Waals surface area (Å²) in [4.78, 5) is 4.73. The molecule has 0 aromatic heterocycles. The van der Waals surface area contributed by atoms with Gasteiger partial charge in [0.2, 0.25) is 5.96 Å². The fourth-order valence-corrected chi connectivity index (χ4v) is 2.01. The van der Waals surface area contributed by atoms with Crippen molar-refractivity contribution in [2.45, 2.75) is 51.6 Å². The molecule has 15 heavy (non-hydrogen) atoms. The molecule has 0 amide bonds. The predicted molar refractivity (Wildman–Crippen MR) is 62.3 cm³/mol. The van der Waals surface area contributed by atoms with Crippen molar-refractivity contribution in [2.24, 2.45) is 22.7 Å². The van der Waals surface area contributed by atoms with Crippen LogP contribution >= 0.6 is 0 Å². The van der Waals surface area contributed by atoms with E-state index >= 15 is 0 Å². The Kier molecular flexibility index (Phi) is 3.14. The van der Waals surface area contributed by atoms with Gasteiger partial charge in [0.15, 0.2) is 0 Å². The maximum Gasteiger partial charge on any atom is 0.206 e. The Labute approximate surface area is 91.7 Å². The number of guanidine groups is 1. The molecule has 0 bridgehead atoms. The molecule has 86 valence electrons. The Bertz CT molecular complexity index is 229. The fourth-order valence-electron chi connectivity index (χ4n) is 2.01. The number of nitrogens with two attached hydrogens (primary N) is 1. The van der Waals surface area contributed by atoms with E-state index in [1.54, 1.807) is 0 Å². The third-order valence-electron chi connectivity index (χ3n) is 3.05.